The molecular weight excluding hydrogens is 413 g/mol. The van der Waals surface area contributed by atoms with Gasteiger partial charge in [-0.25, -0.2) is 18.3 Å². The van der Waals surface area contributed by atoms with E-state index in [9.17, 15) is 17.6 Å². The fraction of sp³-hybridized carbons (Fsp3) is 0.381. The minimum atomic E-state index is -3.68. The zero-order valence-corrected chi connectivity index (χ0v) is 16.9. The van der Waals surface area contributed by atoms with Gasteiger partial charge in [0.15, 0.2) is 9.84 Å². The number of ether oxygens (including phenoxy) is 2. The Bertz CT molecular complexity index is 1020. The first kappa shape index (κ1) is 20.8. The molecule has 1 amide bonds. The molecule has 0 radical (unpaired) electrons. The topological polar surface area (TPSA) is 102 Å². The highest BCUT2D eigenvalue weighted by Gasteiger charge is 2.50. The predicted octanol–water partition coefficient (Wildman–Crippen LogP) is 3.22. The van der Waals surface area contributed by atoms with Gasteiger partial charge in [0.05, 0.1) is 22.4 Å². The van der Waals surface area contributed by atoms with Crippen LogP contribution in [-0.4, -0.2) is 37.0 Å². The summed E-state index contributed by atoms with van der Waals surface area (Å²) < 4.78 is 50.6. The van der Waals surface area contributed by atoms with Gasteiger partial charge in [-0.05, 0) is 74.2 Å². The third-order valence-corrected chi connectivity index (χ3v) is 7.57. The van der Waals surface area contributed by atoms with E-state index in [0.717, 1.165) is 0 Å². The first-order chi connectivity index (χ1) is 14.3. The van der Waals surface area contributed by atoms with Crippen LogP contribution in [0.4, 0.5) is 4.39 Å². The van der Waals surface area contributed by atoms with Gasteiger partial charge in [0.2, 0.25) is 5.91 Å². The van der Waals surface area contributed by atoms with Crippen molar-refractivity contribution in [1.82, 2.24) is 5.48 Å². The SMILES string of the molecule is O=C(NO)C1CC2CCC(CS(=O)(=O)c3ccc(Oc4ccc(F)cc4)cc3)(C1)O2. The van der Waals surface area contributed by atoms with Crippen LogP contribution < -0.4 is 10.2 Å². The number of hydrogen-bond donors (Lipinski definition) is 2. The molecule has 160 valence electrons. The molecule has 0 aliphatic carbocycles. The van der Waals surface area contributed by atoms with Crippen molar-refractivity contribution >= 4 is 15.7 Å². The molecule has 2 bridgehead atoms. The van der Waals surface area contributed by atoms with E-state index in [-0.39, 0.29) is 29.0 Å². The number of hydroxylamine groups is 1. The van der Waals surface area contributed by atoms with Gasteiger partial charge in [-0.1, -0.05) is 0 Å². The Morgan fingerprint density at radius 1 is 1.17 bits per heavy atom. The van der Waals surface area contributed by atoms with Gasteiger partial charge in [0.1, 0.15) is 17.3 Å². The second kappa shape index (κ2) is 7.98. The number of halogens is 1. The summed E-state index contributed by atoms with van der Waals surface area (Å²) in [6.45, 7) is 0. The summed E-state index contributed by atoms with van der Waals surface area (Å²) in [6, 6.07) is 11.5. The monoisotopic (exact) mass is 435 g/mol. The van der Waals surface area contributed by atoms with Crippen LogP contribution in [0.25, 0.3) is 0 Å². The first-order valence-electron chi connectivity index (χ1n) is 9.67. The average Bonchev–Trinajstić information content (AvgIpc) is 3.02. The van der Waals surface area contributed by atoms with E-state index in [1.807, 2.05) is 0 Å². The summed E-state index contributed by atoms with van der Waals surface area (Å²) in [4.78, 5) is 12.0. The van der Waals surface area contributed by atoms with Gasteiger partial charge in [0, 0.05) is 5.92 Å². The van der Waals surface area contributed by atoms with Crippen molar-refractivity contribution in [3.8, 4) is 11.5 Å². The third-order valence-electron chi connectivity index (χ3n) is 5.67. The van der Waals surface area contributed by atoms with E-state index in [1.54, 1.807) is 5.48 Å². The first-order valence-corrected chi connectivity index (χ1v) is 11.3. The molecule has 3 unspecified atom stereocenters. The summed E-state index contributed by atoms with van der Waals surface area (Å²) >= 11 is 0. The second-order valence-corrected chi connectivity index (χ2v) is 9.85. The molecule has 2 fully saturated rings. The molecule has 2 aromatic carbocycles. The van der Waals surface area contributed by atoms with Crippen LogP contribution in [0.2, 0.25) is 0 Å². The van der Waals surface area contributed by atoms with Crippen molar-refractivity contribution in [2.75, 3.05) is 5.75 Å². The average molecular weight is 435 g/mol. The van der Waals surface area contributed by atoms with Gasteiger partial charge in [0.25, 0.3) is 0 Å². The Kier molecular flexibility index (Phi) is 5.52. The van der Waals surface area contributed by atoms with Crippen molar-refractivity contribution < 1.29 is 32.3 Å². The van der Waals surface area contributed by atoms with Crippen LogP contribution in [0.3, 0.4) is 0 Å². The molecule has 3 atom stereocenters. The third kappa shape index (κ3) is 4.33. The van der Waals surface area contributed by atoms with Crippen molar-refractivity contribution in [1.29, 1.82) is 0 Å². The Hall–Kier alpha value is -2.49. The molecule has 0 aromatic heterocycles. The highest BCUT2D eigenvalue weighted by molar-refractivity contribution is 7.91. The molecule has 2 heterocycles. The standard InChI is InChI=1S/C21H22FNO6S/c22-15-1-3-16(4-2-15)28-17-5-7-19(8-6-17)30(26,27)13-21-10-9-18(29-21)11-14(12-21)20(24)23-25/h1-8,14,18,25H,9-13H2,(H,23,24). The summed E-state index contributed by atoms with van der Waals surface area (Å²) in [5, 5.41) is 8.93. The summed E-state index contributed by atoms with van der Waals surface area (Å²) in [6.07, 6.45) is 1.79. The summed E-state index contributed by atoms with van der Waals surface area (Å²) in [5.41, 5.74) is 0.738. The summed E-state index contributed by atoms with van der Waals surface area (Å²) in [7, 11) is -3.68. The number of benzene rings is 2. The fourth-order valence-corrected chi connectivity index (χ4v) is 6.04. The quantitative estimate of drug-likeness (QED) is 0.534. The number of sulfone groups is 1. The molecule has 2 saturated heterocycles. The normalized spacial score (nSPS) is 25.7. The molecule has 7 nitrogen and oxygen atoms in total. The Morgan fingerprint density at radius 3 is 2.43 bits per heavy atom. The van der Waals surface area contributed by atoms with Crippen LogP contribution in [0.5, 0.6) is 11.5 Å². The van der Waals surface area contributed by atoms with Crippen LogP contribution >= 0.6 is 0 Å². The van der Waals surface area contributed by atoms with Gasteiger partial charge < -0.3 is 9.47 Å². The zero-order valence-electron chi connectivity index (χ0n) is 16.1. The number of hydrogen-bond acceptors (Lipinski definition) is 6. The maximum absolute atomic E-state index is 13.0. The zero-order chi connectivity index (χ0) is 21.4. The van der Waals surface area contributed by atoms with E-state index in [0.29, 0.717) is 30.8 Å². The number of nitrogens with one attached hydrogen (secondary N) is 1. The van der Waals surface area contributed by atoms with E-state index in [2.05, 4.69) is 0 Å². The van der Waals surface area contributed by atoms with Crippen molar-refractivity contribution in [2.24, 2.45) is 5.92 Å². The Labute approximate surface area is 173 Å². The van der Waals surface area contributed by atoms with Gasteiger partial charge in [-0.15, -0.1) is 0 Å². The molecule has 0 spiro atoms. The molecule has 2 aliphatic heterocycles. The van der Waals surface area contributed by atoms with E-state index >= 15 is 0 Å². The largest absolute Gasteiger partial charge is 0.457 e. The van der Waals surface area contributed by atoms with Crippen LogP contribution in [0.15, 0.2) is 53.4 Å². The lowest BCUT2D eigenvalue weighted by Gasteiger charge is -2.37. The van der Waals surface area contributed by atoms with Gasteiger partial charge in [-0.2, -0.15) is 0 Å². The minimum absolute atomic E-state index is 0.129. The minimum Gasteiger partial charge on any atom is -0.457 e. The predicted molar refractivity (Wildman–Crippen MR) is 104 cm³/mol. The molecular formula is C21H22FNO6S. The molecule has 2 aliphatic rings. The maximum atomic E-state index is 13.0. The molecule has 30 heavy (non-hydrogen) atoms. The highest BCUT2D eigenvalue weighted by Crippen LogP contribution is 2.45. The molecule has 0 saturated carbocycles. The van der Waals surface area contributed by atoms with Crippen molar-refractivity contribution in [2.45, 2.75) is 42.3 Å². The Balaban J connectivity index is 1.48. The molecule has 2 aromatic rings. The smallest absolute Gasteiger partial charge is 0.246 e. The molecule has 9 heteroatoms. The van der Waals surface area contributed by atoms with E-state index < -0.39 is 27.3 Å². The molecule has 2 N–H and O–H groups in total. The molecule has 4 rings (SSSR count). The van der Waals surface area contributed by atoms with Gasteiger partial charge >= 0.3 is 0 Å². The fourth-order valence-electron chi connectivity index (χ4n) is 4.30. The number of fused-ring (bicyclic) bond motifs is 2. The van der Waals surface area contributed by atoms with E-state index in [1.165, 1.54) is 48.5 Å². The van der Waals surface area contributed by atoms with Crippen molar-refractivity contribution in [3.63, 3.8) is 0 Å². The number of rotatable bonds is 6. The summed E-state index contributed by atoms with van der Waals surface area (Å²) in [5.74, 6) is -0.725. The van der Waals surface area contributed by atoms with Crippen LogP contribution in [0.1, 0.15) is 25.7 Å². The highest BCUT2D eigenvalue weighted by atomic mass is 32.2. The second-order valence-electron chi connectivity index (χ2n) is 7.86. The Morgan fingerprint density at radius 2 is 1.80 bits per heavy atom. The van der Waals surface area contributed by atoms with E-state index in [4.69, 9.17) is 14.7 Å². The number of amides is 1. The van der Waals surface area contributed by atoms with Crippen LogP contribution in [-0.2, 0) is 19.4 Å². The number of carbonyl (C=O) groups is 1. The lowest BCUT2D eigenvalue weighted by atomic mass is 9.88. The van der Waals surface area contributed by atoms with Crippen LogP contribution in [0, 0.1) is 11.7 Å². The maximum Gasteiger partial charge on any atom is 0.246 e. The lowest BCUT2D eigenvalue weighted by Crippen LogP contribution is -2.46. The van der Waals surface area contributed by atoms with Crippen molar-refractivity contribution in [3.05, 3.63) is 54.3 Å². The van der Waals surface area contributed by atoms with Gasteiger partial charge in [-0.3, -0.25) is 10.0 Å². The number of carbonyl (C=O) groups excluding carboxylic acids is 1. The lowest BCUT2D eigenvalue weighted by molar-refractivity contribution is -0.144.